The Bertz CT molecular complexity index is 787. The number of likely N-dealkylation sites (tertiary alicyclic amines) is 1. The highest BCUT2D eigenvalue weighted by molar-refractivity contribution is 9.10. The van der Waals surface area contributed by atoms with Gasteiger partial charge in [-0.15, -0.1) is 0 Å². The smallest absolute Gasteiger partial charge is 0.287 e. The molecule has 2 N–H and O–H groups in total. The maximum absolute atomic E-state index is 12.3. The van der Waals surface area contributed by atoms with Gasteiger partial charge >= 0.3 is 0 Å². The molecule has 1 aliphatic heterocycles. The van der Waals surface area contributed by atoms with Crippen molar-refractivity contribution in [2.24, 2.45) is 0 Å². The van der Waals surface area contributed by atoms with Crippen LogP contribution in [-0.4, -0.2) is 46.0 Å². The molecule has 9 heteroatoms. The molecule has 126 valence electrons. The number of amides is 2. The number of carbonyl (C=O) groups excluding carboxylic acids is 2. The fourth-order valence-electron chi connectivity index (χ4n) is 2.55. The third kappa shape index (κ3) is 3.73. The maximum Gasteiger partial charge on any atom is 0.287 e. The molecule has 2 aromatic heterocycles. The second-order valence-corrected chi connectivity index (χ2v) is 6.23. The summed E-state index contributed by atoms with van der Waals surface area (Å²) in [6.07, 6.45) is 1.28. The topological polar surface area (TPSA) is 108 Å². The van der Waals surface area contributed by atoms with Crippen molar-refractivity contribution in [3.63, 3.8) is 0 Å². The molecule has 2 aromatic rings. The minimum absolute atomic E-state index is 0.0195. The Morgan fingerprint density at radius 2 is 2.00 bits per heavy atom. The summed E-state index contributed by atoms with van der Waals surface area (Å²) < 4.78 is 5.72. The van der Waals surface area contributed by atoms with E-state index in [9.17, 15) is 14.4 Å². The van der Waals surface area contributed by atoms with Gasteiger partial charge in [-0.2, -0.15) is 5.10 Å². The number of H-pyrrole nitrogens is 1. The van der Waals surface area contributed by atoms with Crippen molar-refractivity contribution in [2.45, 2.75) is 18.9 Å². The van der Waals surface area contributed by atoms with Gasteiger partial charge in [-0.25, -0.2) is 5.10 Å². The standard InChI is InChI=1S/C15H15BrN4O4/c16-12-3-2-11(24-12)14(22)17-9-5-7-20(8-6-9)15(23)10-1-4-13(21)19-18-10/h1-4,9H,5-8H2,(H,17,22)(H,19,21). The molecule has 0 saturated carbocycles. The first-order chi connectivity index (χ1) is 11.5. The highest BCUT2D eigenvalue weighted by Crippen LogP contribution is 2.16. The average Bonchev–Trinajstić information content (AvgIpc) is 3.02. The van der Waals surface area contributed by atoms with Crippen LogP contribution < -0.4 is 10.9 Å². The predicted molar refractivity (Wildman–Crippen MR) is 87.7 cm³/mol. The van der Waals surface area contributed by atoms with Gasteiger partial charge in [-0.05, 0) is 47.0 Å². The summed E-state index contributed by atoms with van der Waals surface area (Å²) in [5, 5.41) is 8.90. The molecule has 0 unspecified atom stereocenters. The third-order valence-electron chi connectivity index (χ3n) is 3.81. The first-order valence-electron chi connectivity index (χ1n) is 7.44. The van der Waals surface area contributed by atoms with E-state index in [0.717, 1.165) is 0 Å². The van der Waals surface area contributed by atoms with Crippen LogP contribution in [0.2, 0.25) is 0 Å². The van der Waals surface area contributed by atoms with Crippen molar-refractivity contribution in [3.05, 3.63) is 50.7 Å². The largest absolute Gasteiger partial charge is 0.444 e. The highest BCUT2D eigenvalue weighted by atomic mass is 79.9. The van der Waals surface area contributed by atoms with Crippen molar-refractivity contribution in [1.82, 2.24) is 20.4 Å². The lowest BCUT2D eigenvalue weighted by atomic mass is 10.0. The summed E-state index contributed by atoms with van der Waals surface area (Å²) in [7, 11) is 0. The van der Waals surface area contributed by atoms with Gasteiger partial charge in [0.2, 0.25) is 0 Å². The number of piperidine rings is 1. The minimum Gasteiger partial charge on any atom is -0.444 e. The normalized spacial score (nSPS) is 15.3. The quantitative estimate of drug-likeness (QED) is 0.811. The number of aromatic amines is 1. The van der Waals surface area contributed by atoms with Crippen molar-refractivity contribution in [3.8, 4) is 0 Å². The zero-order valence-electron chi connectivity index (χ0n) is 12.6. The molecular formula is C15H15BrN4O4. The molecule has 8 nitrogen and oxygen atoms in total. The fourth-order valence-corrected chi connectivity index (χ4v) is 2.85. The SMILES string of the molecule is O=C(NC1CCN(C(=O)c2ccc(=O)[nH]n2)CC1)c1ccc(Br)o1. The molecule has 24 heavy (non-hydrogen) atoms. The van der Waals surface area contributed by atoms with E-state index in [4.69, 9.17) is 4.42 Å². The van der Waals surface area contributed by atoms with Gasteiger partial charge in [0.1, 0.15) is 5.69 Å². The van der Waals surface area contributed by atoms with E-state index in [2.05, 4.69) is 31.4 Å². The summed E-state index contributed by atoms with van der Waals surface area (Å²) in [4.78, 5) is 37.0. The molecule has 0 spiro atoms. The molecule has 3 heterocycles. The molecule has 1 fully saturated rings. The van der Waals surface area contributed by atoms with Gasteiger partial charge in [-0.1, -0.05) is 0 Å². The Labute approximate surface area is 145 Å². The number of furan rings is 1. The first kappa shape index (κ1) is 16.4. The summed E-state index contributed by atoms with van der Waals surface area (Å²) in [5.41, 5.74) is -0.143. The number of carbonyl (C=O) groups is 2. The van der Waals surface area contributed by atoms with Gasteiger partial charge < -0.3 is 14.6 Å². The fraction of sp³-hybridized carbons (Fsp3) is 0.333. The lowest BCUT2D eigenvalue weighted by molar-refractivity contribution is 0.0688. The predicted octanol–water partition coefficient (Wildman–Crippen LogP) is 1.16. The van der Waals surface area contributed by atoms with E-state index in [1.165, 1.54) is 12.1 Å². The average molecular weight is 395 g/mol. The summed E-state index contributed by atoms with van der Waals surface area (Å²) in [6, 6.07) is 5.92. The molecule has 0 bridgehead atoms. The van der Waals surface area contributed by atoms with Crippen LogP contribution in [0.25, 0.3) is 0 Å². The van der Waals surface area contributed by atoms with E-state index in [-0.39, 0.29) is 34.9 Å². The van der Waals surface area contributed by atoms with E-state index in [0.29, 0.717) is 30.6 Å². The molecule has 0 atom stereocenters. The minimum atomic E-state index is -0.350. The second-order valence-electron chi connectivity index (χ2n) is 5.45. The second kappa shape index (κ2) is 7.00. The Hall–Kier alpha value is -2.42. The Morgan fingerprint density at radius 1 is 1.25 bits per heavy atom. The molecule has 0 radical (unpaired) electrons. The van der Waals surface area contributed by atoms with Crippen LogP contribution in [0.5, 0.6) is 0 Å². The van der Waals surface area contributed by atoms with E-state index >= 15 is 0 Å². The molecule has 2 amide bonds. The Kier molecular flexibility index (Phi) is 4.79. The molecule has 1 saturated heterocycles. The molecule has 1 aliphatic rings. The zero-order chi connectivity index (χ0) is 17.1. The third-order valence-corrected chi connectivity index (χ3v) is 4.24. The number of hydrogen-bond acceptors (Lipinski definition) is 5. The van der Waals surface area contributed by atoms with Gasteiger partial charge in [0, 0.05) is 25.2 Å². The number of aromatic nitrogens is 2. The summed E-state index contributed by atoms with van der Waals surface area (Å²) in [5.74, 6) is -0.253. The number of halogens is 1. The molecule has 0 aliphatic carbocycles. The number of hydrogen-bond donors (Lipinski definition) is 2. The Morgan fingerprint density at radius 3 is 2.58 bits per heavy atom. The van der Waals surface area contributed by atoms with Gasteiger partial charge in [0.15, 0.2) is 10.4 Å². The summed E-state index contributed by atoms with van der Waals surface area (Å²) in [6.45, 7) is 1.01. The lowest BCUT2D eigenvalue weighted by Gasteiger charge is -2.31. The van der Waals surface area contributed by atoms with Crippen molar-refractivity contribution >= 4 is 27.7 Å². The van der Waals surface area contributed by atoms with Crippen LogP contribution in [0.1, 0.15) is 33.9 Å². The number of nitrogens with one attached hydrogen (secondary N) is 2. The Balaban J connectivity index is 1.54. The lowest BCUT2D eigenvalue weighted by Crippen LogP contribution is -2.46. The zero-order valence-corrected chi connectivity index (χ0v) is 14.2. The number of rotatable bonds is 3. The highest BCUT2D eigenvalue weighted by Gasteiger charge is 2.26. The van der Waals surface area contributed by atoms with Gasteiger partial charge in [0.05, 0.1) is 0 Å². The molecule has 0 aromatic carbocycles. The van der Waals surface area contributed by atoms with Gasteiger partial charge in [-0.3, -0.25) is 14.4 Å². The van der Waals surface area contributed by atoms with E-state index in [1.807, 2.05) is 0 Å². The summed E-state index contributed by atoms with van der Waals surface area (Å²) >= 11 is 3.16. The molecule has 3 rings (SSSR count). The van der Waals surface area contributed by atoms with Crippen LogP contribution in [0.15, 0.2) is 38.1 Å². The maximum atomic E-state index is 12.3. The van der Waals surface area contributed by atoms with E-state index in [1.54, 1.807) is 17.0 Å². The van der Waals surface area contributed by atoms with Crippen LogP contribution >= 0.6 is 15.9 Å². The monoisotopic (exact) mass is 394 g/mol. The van der Waals surface area contributed by atoms with Crippen molar-refractivity contribution < 1.29 is 14.0 Å². The van der Waals surface area contributed by atoms with Crippen LogP contribution in [0.4, 0.5) is 0 Å². The van der Waals surface area contributed by atoms with Crippen molar-refractivity contribution in [1.29, 1.82) is 0 Å². The van der Waals surface area contributed by atoms with Gasteiger partial charge in [0.25, 0.3) is 17.4 Å². The van der Waals surface area contributed by atoms with E-state index < -0.39 is 0 Å². The van der Waals surface area contributed by atoms with Crippen LogP contribution in [0.3, 0.4) is 0 Å². The van der Waals surface area contributed by atoms with Crippen molar-refractivity contribution in [2.75, 3.05) is 13.1 Å². The first-order valence-corrected chi connectivity index (χ1v) is 8.23. The van der Waals surface area contributed by atoms with Crippen LogP contribution in [0, 0.1) is 0 Å². The molecular weight excluding hydrogens is 380 g/mol. The number of nitrogens with zero attached hydrogens (tertiary/aromatic N) is 2. The van der Waals surface area contributed by atoms with Crippen LogP contribution in [-0.2, 0) is 0 Å².